The fraction of sp³-hybridized carbons (Fsp3) is 0.333. The highest BCUT2D eigenvalue weighted by molar-refractivity contribution is 5.88. The largest absolute Gasteiger partial charge is 0.477 e. The Morgan fingerprint density at radius 2 is 2.08 bits per heavy atom. The highest BCUT2D eigenvalue weighted by Crippen LogP contribution is 2.16. The van der Waals surface area contributed by atoms with Crippen LogP contribution in [0.2, 0.25) is 0 Å². The van der Waals surface area contributed by atoms with Gasteiger partial charge in [-0.3, -0.25) is 0 Å². The maximum atomic E-state index is 10.7. The predicted octanol–water partition coefficient (Wildman–Crippen LogP) is 1.07. The topological polar surface area (TPSA) is 70.2 Å². The zero-order valence-electron chi connectivity index (χ0n) is 7.55. The summed E-state index contributed by atoms with van der Waals surface area (Å²) in [4.78, 5) is 23.6. The molecule has 0 radical (unpaired) electrons. The van der Waals surface area contributed by atoms with Crippen LogP contribution in [-0.4, -0.2) is 22.3 Å². The standard InChI is InChI=1S/C9H11NO3/c1-5-6(2)8(9(12)13)10-7(5)3-4-11/h4,10H,3H2,1-2H3,(H,12,13). The molecule has 13 heavy (non-hydrogen) atoms. The summed E-state index contributed by atoms with van der Waals surface area (Å²) in [7, 11) is 0. The first-order valence-electron chi connectivity index (χ1n) is 3.93. The predicted molar refractivity (Wildman–Crippen MR) is 47.0 cm³/mol. The number of carbonyl (C=O) groups excluding carboxylic acids is 1. The normalized spacial score (nSPS) is 10.0. The molecule has 70 valence electrons. The van der Waals surface area contributed by atoms with Gasteiger partial charge in [0.25, 0.3) is 0 Å². The van der Waals surface area contributed by atoms with Gasteiger partial charge >= 0.3 is 5.97 Å². The molecule has 1 aromatic heterocycles. The minimum atomic E-state index is -0.988. The monoisotopic (exact) mass is 181 g/mol. The van der Waals surface area contributed by atoms with Gasteiger partial charge in [-0.25, -0.2) is 4.79 Å². The number of hydrogen-bond donors (Lipinski definition) is 2. The summed E-state index contributed by atoms with van der Waals surface area (Å²) in [5.74, 6) is -0.988. The lowest BCUT2D eigenvalue weighted by molar-refractivity contribution is -0.107. The first-order valence-corrected chi connectivity index (χ1v) is 3.93. The number of aromatic amines is 1. The number of rotatable bonds is 3. The van der Waals surface area contributed by atoms with Crippen molar-refractivity contribution in [1.29, 1.82) is 0 Å². The molecule has 0 saturated carbocycles. The van der Waals surface area contributed by atoms with Crippen molar-refractivity contribution >= 4 is 12.3 Å². The molecule has 1 rings (SSSR count). The number of aldehydes is 1. The average Bonchev–Trinajstić information content (AvgIpc) is 2.33. The van der Waals surface area contributed by atoms with E-state index in [-0.39, 0.29) is 12.1 Å². The van der Waals surface area contributed by atoms with Gasteiger partial charge in [0.15, 0.2) is 0 Å². The van der Waals surface area contributed by atoms with Crippen LogP contribution in [0.15, 0.2) is 0 Å². The minimum absolute atomic E-state index is 0.175. The second-order valence-corrected chi connectivity index (χ2v) is 2.90. The average molecular weight is 181 g/mol. The molecule has 0 unspecified atom stereocenters. The molecule has 0 aromatic carbocycles. The summed E-state index contributed by atoms with van der Waals surface area (Å²) < 4.78 is 0. The molecule has 0 aliphatic carbocycles. The Kier molecular flexibility index (Phi) is 2.51. The van der Waals surface area contributed by atoms with Crippen LogP contribution in [0.4, 0.5) is 0 Å². The summed E-state index contributed by atoms with van der Waals surface area (Å²) in [5, 5.41) is 8.75. The molecule has 0 bridgehead atoms. The third-order valence-electron chi connectivity index (χ3n) is 2.17. The molecule has 0 fully saturated rings. The van der Waals surface area contributed by atoms with Crippen molar-refractivity contribution in [2.24, 2.45) is 0 Å². The van der Waals surface area contributed by atoms with Crippen LogP contribution in [0, 0.1) is 13.8 Å². The van der Waals surface area contributed by atoms with E-state index in [1.165, 1.54) is 0 Å². The zero-order valence-corrected chi connectivity index (χ0v) is 7.55. The minimum Gasteiger partial charge on any atom is -0.477 e. The molecular formula is C9H11NO3. The third kappa shape index (κ3) is 1.61. The van der Waals surface area contributed by atoms with Gasteiger partial charge in [0.2, 0.25) is 0 Å². The summed E-state index contributed by atoms with van der Waals surface area (Å²) in [6.45, 7) is 3.53. The van der Waals surface area contributed by atoms with Gasteiger partial charge in [-0.2, -0.15) is 0 Å². The molecule has 4 heteroatoms. The Morgan fingerprint density at radius 3 is 2.46 bits per heavy atom. The summed E-state index contributed by atoms with van der Waals surface area (Å²) in [6, 6.07) is 0. The molecular weight excluding hydrogens is 170 g/mol. The van der Waals surface area contributed by atoms with Gasteiger partial charge in [-0.1, -0.05) is 0 Å². The van der Waals surface area contributed by atoms with Crippen LogP contribution < -0.4 is 0 Å². The van der Waals surface area contributed by atoms with Crippen molar-refractivity contribution in [3.8, 4) is 0 Å². The van der Waals surface area contributed by atoms with Gasteiger partial charge in [0.1, 0.15) is 12.0 Å². The summed E-state index contributed by atoms with van der Waals surface area (Å²) >= 11 is 0. The van der Waals surface area contributed by atoms with Crippen LogP contribution in [0.25, 0.3) is 0 Å². The van der Waals surface area contributed by atoms with E-state index in [1.54, 1.807) is 13.8 Å². The number of nitrogens with one attached hydrogen (secondary N) is 1. The van der Waals surface area contributed by atoms with Crippen LogP contribution in [0.5, 0.6) is 0 Å². The van der Waals surface area contributed by atoms with E-state index in [0.717, 1.165) is 11.8 Å². The van der Waals surface area contributed by atoms with Crippen LogP contribution in [0.3, 0.4) is 0 Å². The van der Waals surface area contributed by atoms with E-state index >= 15 is 0 Å². The van der Waals surface area contributed by atoms with Gasteiger partial charge < -0.3 is 14.9 Å². The van der Waals surface area contributed by atoms with E-state index in [4.69, 9.17) is 5.11 Å². The molecule has 1 heterocycles. The van der Waals surface area contributed by atoms with Crippen molar-refractivity contribution in [3.63, 3.8) is 0 Å². The van der Waals surface area contributed by atoms with Gasteiger partial charge in [-0.05, 0) is 25.0 Å². The highest BCUT2D eigenvalue weighted by Gasteiger charge is 2.14. The Hall–Kier alpha value is -1.58. The first-order chi connectivity index (χ1) is 6.07. The summed E-state index contributed by atoms with van der Waals surface area (Å²) in [5.41, 5.74) is 2.41. The third-order valence-corrected chi connectivity index (χ3v) is 2.17. The number of carbonyl (C=O) groups is 2. The number of H-pyrrole nitrogens is 1. The number of carboxylic acid groups (broad SMARTS) is 1. The fourth-order valence-electron chi connectivity index (χ4n) is 1.25. The number of carboxylic acids is 1. The van der Waals surface area contributed by atoms with Crippen molar-refractivity contribution in [2.75, 3.05) is 0 Å². The molecule has 2 N–H and O–H groups in total. The Bertz CT molecular complexity index is 352. The number of aromatic nitrogens is 1. The molecule has 1 aromatic rings. The summed E-state index contributed by atoms with van der Waals surface area (Å²) in [6.07, 6.45) is 0.990. The highest BCUT2D eigenvalue weighted by atomic mass is 16.4. The van der Waals surface area contributed by atoms with E-state index in [1.807, 2.05) is 0 Å². The van der Waals surface area contributed by atoms with Crippen LogP contribution in [0.1, 0.15) is 27.3 Å². The van der Waals surface area contributed by atoms with Gasteiger partial charge in [0.05, 0.1) is 0 Å². The molecule has 0 aliphatic rings. The molecule has 0 spiro atoms. The van der Waals surface area contributed by atoms with Crippen molar-refractivity contribution < 1.29 is 14.7 Å². The SMILES string of the molecule is Cc1c(CC=O)[nH]c(C(=O)O)c1C. The quantitative estimate of drug-likeness (QED) is 0.685. The fourth-order valence-corrected chi connectivity index (χ4v) is 1.25. The lowest BCUT2D eigenvalue weighted by Crippen LogP contribution is -1.99. The van der Waals surface area contributed by atoms with Gasteiger partial charge in [0, 0.05) is 12.1 Å². The van der Waals surface area contributed by atoms with Crippen molar-refractivity contribution in [3.05, 3.63) is 22.5 Å². The molecule has 4 nitrogen and oxygen atoms in total. The second-order valence-electron chi connectivity index (χ2n) is 2.90. The number of hydrogen-bond acceptors (Lipinski definition) is 2. The Morgan fingerprint density at radius 1 is 1.46 bits per heavy atom. The maximum Gasteiger partial charge on any atom is 0.352 e. The molecule has 0 saturated heterocycles. The van der Waals surface area contributed by atoms with E-state index in [9.17, 15) is 9.59 Å². The molecule has 0 aliphatic heterocycles. The van der Waals surface area contributed by atoms with Crippen LogP contribution >= 0.6 is 0 Å². The van der Waals surface area contributed by atoms with Gasteiger partial charge in [-0.15, -0.1) is 0 Å². The second kappa shape index (κ2) is 3.43. The lowest BCUT2D eigenvalue weighted by atomic mass is 10.1. The van der Waals surface area contributed by atoms with Crippen molar-refractivity contribution in [2.45, 2.75) is 20.3 Å². The van der Waals surface area contributed by atoms with E-state index in [2.05, 4.69) is 4.98 Å². The van der Waals surface area contributed by atoms with Crippen LogP contribution in [-0.2, 0) is 11.2 Å². The first kappa shape index (κ1) is 9.51. The smallest absolute Gasteiger partial charge is 0.352 e. The Labute approximate surface area is 75.6 Å². The van der Waals surface area contributed by atoms with E-state index in [0.29, 0.717) is 11.3 Å². The Balaban J connectivity index is 3.19. The van der Waals surface area contributed by atoms with E-state index < -0.39 is 5.97 Å². The van der Waals surface area contributed by atoms with Crippen molar-refractivity contribution in [1.82, 2.24) is 4.98 Å². The molecule has 0 amide bonds. The number of aromatic carboxylic acids is 1. The lowest BCUT2D eigenvalue weighted by Gasteiger charge is -1.91. The maximum absolute atomic E-state index is 10.7. The zero-order chi connectivity index (χ0) is 10.0. The molecule has 0 atom stereocenters.